The maximum Gasteiger partial charge on any atom is 0.240 e. The standard InChI is InChI=1S/C14H17ClN4O3S/c1-18(23(2,21)22)10-14(20)17-13-7-8-16-19(13)9-11-3-5-12(15)6-4-11/h3-8H,9-10H2,1-2H3,(H,17,20). The Morgan fingerprint density at radius 2 is 1.96 bits per heavy atom. The highest BCUT2D eigenvalue weighted by Crippen LogP contribution is 2.13. The Bertz CT molecular complexity index is 787. The highest BCUT2D eigenvalue weighted by atomic mass is 35.5. The van der Waals surface area contributed by atoms with Crippen LogP contribution in [0.3, 0.4) is 0 Å². The normalized spacial score (nSPS) is 11.7. The van der Waals surface area contributed by atoms with Gasteiger partial charge in [-0.25, -0.2) is 13.1 Å². The fourth-order valence-electron chi connectivity index (χ4n) is 1.83. The van der Waals surface area contributed by atoms with E-state index in [1.165, 1.54) is 7.05 Å². The zero-order chi connectivity index (χ0) is 17.0. The van der Waals surface area contributed by atoms with Crippen molar-refractivity contribution in [3.05, 3.63) is 47.1 Å². The summed E-state index contributed by atoms with van der Waals surface area (Å²) in [6.07, 6.45) is 2.61. The smallest absolute Gasteiger partial charge is 0.240 e. The SMILES string of the molecule is CN(CC(=O)Nc1ccnn1Cc1ccc(Cl)cc1)S(C)(=O)=O. The van der Waals surface area contributed by atoms with Crippen LogP contribution < -0.4 is 5.32 Å². The van der Waals surface area contributed by atoms with Gasteiger partial charge in [-0.15, -0.1) is 0 Å². The lowest BCUT2D eigenvalue weighted by Crippen LogP contribution is -2.34. The Kier molecular flexibility index (Phi) is 5.40. The van der Waals surface area contributed by atoms with E-state index in [2.05, 4.69) is 10.4 Å². The molecular weight excluding hydrogens is 340 g/mol. The maximum absolute atomic E-state index is 11.9. The summed E-state index contributed by atoms with van der Waals surface area (Å²) < 4.78 is 25.2. The first-order chi connectivity index (χ1) is 10.8. The Labute approximate surface area is 139 Å². The number of likely N-dealkylation sites (N-methyl/N-ethyl adjacent to an activating group) is 1. The van der Waals surface area contributed by atoms with Crippen LogP contribution in [0.2, 0.25) is 5.02 Å². The highest BCUT2D eigenvalue weighted by molar-refractivity contribution is 7.88. The molecule has 0 fully saturated rings. The van der Waals surface area contributed by atoms with Crippen molar-refractivity contribution in [1.29, 1.82) is 0 Å². The lowest BCUT2D eigenvalue weighted by Gasteiger charge is -2.14. The van der Waals surface area contributed by atoms with Crippen LogP contribution in [0.4, 0.5) is 5.82 Å². The van der Waals surface area contributed by atoms with E-state index >= 15 is 0 Å². The molecule has 0 saturated heterocycles. The first-order valence-electron chi connectivity index (χ1n) is 6.73. The van der Waals surface area contributed by atoms with E-state index < -0.39 is 15.9 Å². The number of carbonyl (C=O) groups excluding carboxylic acids is 1. The van der Waals surface area contributed by atoms with E-state index in [1.807, 2.05) is 12.1 Å². The van der Waals surface area contributed by atoms with Gasteiger partial charge in [-0.05, 0) is 17.7 Å². The Hall–Kier alpha value is -1.90. The van der Waals surface area contributed by atoms with Crippen LogP contribution in [0.25, 0.3) is 0 Å². The molecule has 1 heterocycles. The number of rotatable bonds is 6. The molecule has 0 aliphatic rings. The largest absolute Gasteiger partial charge is 0.310 e. The molecule has 7 nitrogen and oxygen atoms in total. The molecule has 1 N–H and O–H groups in total. The molecule has 0 aliphatic heterocycles. The predicted molar refractivity (Wildman–Crippen MR) is 88.9 cm³/mol. The number of nitrogens with one attached hydrogen (secondary N) is 1. The molecule has 1 amide bonds. The summed E-state index contributed by atoms with van der Waals surface area (Å²) in [5.41, 5.74) is 0.974. The quantitative estimate of drug-likeness (QED) is 0.848. The van der Waals surface area contributed by atoms with Crippen LogP contribution in [0, 0.1) is 0 Å². The summed E-state index contributed by atoms with van der Waals surface area (Å²) in [5, 5.41) is 7.45. The second kappa shape index (κ2) is 7.12. The zero-order valence-corrected chi connectivity index (χ0v) is 14.3. The number of hydrogen-bond acceptors (Lipinski definition) is 4. The van der Waals surface area contributed by atoms with Gasteiger partial charge in [0.2, 0.25) is 15.9 Å². The topological polar surface area (TPSA) is 84.3 Å². The number of anilines is 1. The van der Waals surface area contributed by atoms with Gasteiger partial charge in [0.05, 0.1) is 25.5 Å². The van der Waals surface area contributed by atoms with E-state index in [0.29, 0.717) is 17.4 Å². The number of halogens is 1. The van der Waals surface area contributed by atoms with Gasteiger partial charge in [-0.2, -0.15) is 9.40 Å². The van der Waals surface area contributed by atoms with Gasteiger partial charge in [0.25, 0.3) is 0 Å². The molecule has 1 aromatic carbocycles. The van der Waals surface area contributed by atoms with Gasteiger partial charge >= 0.3 is 0 Å². The highest BCUT2D eigenvalue weighted by Gasteiger charge is 2.16. The summed E-state index contributed by atoms with van der Waals surface area (Å²) in [6, 6.07) is 8.94. The molecular formula is C14H17ClN4O3S. The van der Waals surface area contributed by atoms with E-state index in [9.17, 15) is 13.2 Å². The summed E-state index contributed by atoms with van der Waals surface area (Å²) in [5.74, 6) is 0.0580. The molecule has 1 aromatic heterocycles. The molecule has 23 heavy (non-hydrogen) atoms. The monoisotopic (exact) mass is 356 g/mol. The third-order valence-corrected chi connectivity index (χ3v) is 4.68. The Morgan fingerprint density at radius 3 is 2.57 bits per heavy atom. The zero-order valence-electron chi connectivity index (χ0n) is 12.7. The molecule has 0 bridgehead atoms. The van der Waals surface area contributed by atoms with E-state index in [0.717, 1.165) is 16.1 Å². The van der Waals surface area contributed by atoms with Crippen molar-refractivity contribution in [3.8, 4) is 0 Å². The number of nitrogens with zero attached hydrogens (tertiary/aromatic N) is 3. The van der Waals surface area contributed by atoms with Crippen LogP contribution in [0.15, 0.2) is 36.5 Å². The van der Waals surface area contributed by atoms with Crippen molar-refractivity contribution in [2.45, 2.75) is 6.54 Å². The molecule has 0 radical (unpaired) electrons. The van der Waals surface area contributed by atoms with Crippen LogP contribution in [-0.4, -0.2) is 48.3 Å². The molecule has 2 aromatic rings. The van der Waals surface area contributed by atoms with Crippen molar-refractivity contribution in [2.75, 3.05) is 25.2 Å². The fourth-order valence-corrected chi connectivity index (χ4v) is 2.31. The summed E-state index contributed by atoms with van der Waals surface area (Å²) in [4.78, 5) is 11.9. The average molecular weight is 357 g/mol. The van der Waals surface area contributed by atoms with E-state index in [-0.39, 0.29) is 6.54 Å². The minimum absolute atomic E-state index is 0.259. The maximum atomic E-state index is 11.9. The van der Waals surface area contributed by atoms with E-state index in [1.54, 1.807) is 29.1 Å². The van der Waals surface area contributed by atoms with Gasteiger partial charge in [-0.1, -0.05) is 23.7 Å². The van der Waals surface area contributed by atoms with Crippen LogP contribution in [-0.2, 0) is 21.4 Å². The number of amides is 1. The van der Waals surface area contributed by atoms with Crippen molar-refractivity contribution >= 4 is 33.3 Å². The molecule has 0 unspecified atom stereocenters. The summed E-state index contributed by atoms with van der Waals surface area (Å²) >= 11 is 5.85. The van der Waals surface area contributed by atoms with Gasteiger partial charge in [0, 0.05) is 18.1 Å². The third kappa shape index (κ3) is 5.05. The van der Waals surface area contributed by atoms with Crippen molar-refractivity contribution in [3.63, 3.8) is 0 Å². The van der Waals surface area contributed by atoms with Gasteiger partial charge in [-0.3, -0.25) is 4.79 Å². The molecule has 0 saturated carbocycles. The average Bonchev–Trinajstić information content (AvgIpc) is 2.87. The second-order valence-corrected chi connectivity index (χ2v) is 7.59. The minimum atomic E-state index is -3.40. The van der Waals surface area contributed by atoms with Crippen LogP contribution in [0.1, 0.15) is 5.56 Å². The van der Waals surface area contributed by atoms with Crippen molar-refractivity contribution in [2.24, 2.45) is 0 Å². The molecule has 0 aliphatic carbocycles. The number of carbonyl (C=O) groups is 1. The first kappa shape index (κ1) is 17.5. The Morgan fingerprint density at radius 1 is 1.30 bits per heavy atom. The van der Waals surface area contributed by atoms with Crippen LogP contribution in [0.5, 0.6) is 0 Å². The van der Waals surface area contributed by atoms with Crippen molar-refractivity contribution < 1.29 is 13.2 Å². The number of sulfonamides is 1. The second-order valence-electron chi connectivity index (χ2n) is 5.07. The lowest BCUT2D eigenvalue weighted by atomic mass is 10.2. The minimum Gasteiger partial charge on any atom is -0.310 e. The number of benzene rings is 1. The number of aromatic nitrogens is 2. The summed E-state index contributed by atoms with van der Waals surface area (Å²) in [6.45, 7) is 0.201. The summed E-state index contributed by atoms with van der Waals surface area (Å²) in [7, 11) is -2.05. The van der Waals surface area contributed by atoms with Crippen LogP contribution >= 0.6 is 11.6 Å². The molecule has 0 spiro atoms. The molecule has 9 heteroatoms. The lowest BCUT2D eigenvalue weighted by molar-refractivity contribution is -0.116. The van der Waals surface area contributed by atoms with E-state index in [4.69, 9.17) is 11.6 Å². The molecule has 2 rings (SSSR count). The van der Waals surface area contributed by atoms with Gasteiger partial charge < -0.3 is 5.32 Å². The first-order valence-corrected chi connectivity index (χ1v) is 8.96. The fraction of sp³-hybridized carbons (Fsp3) is 0.286. The van der Waals surface area contributed by atoms with Gasteiger partial charge in [0.1, 0.15) is 5.82 Å². The molecule has 124 valence electrons. The van der Waals surface area contributed by atoms with Crippen molar-refractivity contribution in [1.82, 2.24) is 14.1 Å². The predicted octanol–water partition coefficient (Wildman–Crippen LogP) is 1.41. The van der Waals surface area contributed by atoms with Gasteiger partial charge in [0.15, 0.2) is 0 Å². The number of hydrogen-bond donors (Lipinski definition) is 1. The Balaban J connectivity index is 2.03. The molecule has 0 atom stereocenters. The third-order valence-electron chi connectivity index (χ3n) is 3.16.